The molecular formula is C17H12O2. The molecule has 0 spiro atoms. The van der Waals surface area contributed by atoms with Crippen molar-refractivity contribution in [2.75, 3.05) is 0 Å². The lowest BCUT2D eigenvalue weighted by atomic mass is 10.1. The van der Waals surface area contributed by atoms with Gasteiger partial charge in [-0.05, 0) is 17.7 Å². The van der Waals surface area contributed by atoms with E-state index in [1.54, 1.807) is 24.3 Å². The molecule has 0 radical (unpaired) electrons. The molecule has 0 heterocycles. The molecule has 0 bridgehead atoms. The fourth-order valence-electron chi connectivity index (χ4n) is 1.60. The first kappa shape index (κ1) is 12.7. The number of carboxylic acids is 1. The Morgan fingerprint density at radius 1 is 0.947 bits per heavy atom. The zero-order chi connectivity index (χ0) is 13.5. The van der Waals surface area contributed by atoms with Crippen LogP contribution < -0.4 is 0 Å². The smallest absolute Gasteiger partial charge is 0.336 e. The van der Waals surface area contributed by atoms with E-state index in [9.17, 15) is 9.90 Å². The van der Waals surface area contributed by atoms with E-state index in [-0.39, 0.29) is 5.57 Å². The Balaban J connectivity index is 2.29. The average molecular weight is 248 g/mol. The molecule has 2 nitrogen and oxygen atoms in total. The third-order valence-corrected chi connectivity index (χ3v) is 2.52. The largest absolute Gasteiger partial charge is 0.478 e. The molecule has 0 amide bonds. The molecule has 92 valence electrons. The summed E-state index contributed by atoms with van der Waals surface area (Å²) in [5, 5.41) is 9.19. The molecule has 1 N–H and O–H groups in total. The molecule has 0 atom stereocenters. The van der Waals surface area contributed by atoms with Crippen molar-refractivity contribution in [2.45, 2.75) is 0 Å². The second kappa shape index (κ2) is 6.23. The summed E-state index contributed by atoms with van der Waals surface area (Å²) in [5.74, 6) is 4.72. The average Bonchev–Trinajstić information content (AvgIpc) is 2.45. The minimum absolute atomic E-state index is 0.198. The van der Waals surface area contributed by atoms with Crippen LogP contribution in [0.3, 0.4) is 0 Å². The maximum absolute atomic E-state index is 11.2. The van der Waals surface area contributed by atoms with E-state index < -0.39 is 5.97 Å². The highest BCUT2D eigenvalue weighted by molar-refractivity contribution is 6.15. The van der Waals surface area contributed by atoms with E-state index in [2.05, 4.69) is 11.8 Å². The van der Waals surface area contributed by atoms with Crippen molar-refractivity contribution < 1.29 is 9.90 Å². The number of carbonyl (C=O) groups is 1. The quantitative estimate of drug-likeness (QED) is 0.654. The van der Waals surface area contributed by atoms with Crippen molar-refractivity contribution in [3.05, 3.63) is 77.9 Å². The Morgan fingerprint density at radius 3 is 2.11 bits per heavy atom. The summed E-state index contributed by atoms with van der Waals surface area (Å²) in [5.41, 5.74) is 1.71. The highest BCUT2D eigenvalue weighted by Crippen LogP contribution is 2.13. The van der Waals surface area contributed by atoms with Gasteiger partial charge in [-0.3, -0.25) is 0 Å². The summed E-state index contributed by atoms with van der Waals surface area (Å²) >= 11 is 0. The highest BCUT2D eigenvalue weighted by Gasteiger charge is 2.08. The third-order valence-electron chi connectivity index (χ3n) is 2.52. The van der Waals surface area contributed by atoms with Crippen LogP contribution in [0.4, 0.5) is 0 Å². The molecule has 0 aliphatic carbocycles. The van der Waals surface area contributed by atoms with Gasteiger partial charge in [-0.15, -0.1) is 0 Å². The summed E-state index contributed by atoms with van der Waals surface area (Å²) in [7, 11) is 0. The molecule has 0 aliphatic heterocycles. The number of hydrogen-bond donors (Lipinski definition) is 1. The van der Waals surface area contributed by atoms with Crippen molar-refractivity contribution in [2.24, 2.45) is 0 Å². The summed E-state index contributed by atoms with van der Waals surface area (Å²) in [6.45, 7) is 0. The SMILES string of the molecule is O=C(O)/C(=C\C#Cc1ccccc1)c1ccccc1. The number of benzene rings is 2. The lowest BCUT2D eigenvalue weighted by molar-refractivity contribution is -0.130. The normalized spacial score (nSPS) is 10.4. The van der Waals surface area contributed by atoms with E-state index in [4.69, 9.17) is 0 Å². The van der Waals surface area contributed by atoms with Crippen LogP contribution in [-0.4, -0.2) is 11.1 Å². The standard InChI is InChI=1S/C17H12O2/c18-17(19)16(15-11-5-2-6-12-15)13-7-10-14-8-3-1-4-9-14/h1-6,8-9,11-13H,(H,18,19)/b16-13-. The molecular weight excluding hydrogens is 236 g/mol. The molecule has 2 aromatic carbocycles. The number of allylic oxidation sites excluding steroid dienone is 1. The van der Waals surface area contributed by atoms with Gasteiger partial charge in [-0.1, -0.05) is 60.4 Å². The van der Waals surface area contributed by atoms with Gasteiger partial charge in [0, 0.05) is 11.6 Å². The van der Waals surface area contributed by atoms with Gasteiger partial charge >= 0.3 is 5.97 Å². The first-order valence-corrected chi connectivity index (χ1v) is 5.83. The zero-order valence-corrected chi connectivity index (χ0v) is 10.2. The molecule has 0 fully saturated rings. The van der Waals surface area contributed by atoms with Gasteiger partial charge in [0.2, 0.25) is 0 Å². The number of carboxylic acid groups (broad SMARTS) is 1. The van der Waals surface area contributed by atoms with Gasteiger partial charge in [0.15, 0.2) is 0 Å². The first-order valence-electron chi connectivity index (χ1n) is 5.83. The molecule has 0 saturated carbocycles. The lowest BCUT2D eigenvalue weighted by Crippen LogP contribution is -1.98. The maximum Gasteiger partial charge on any atom is 0.336 e. The maximum atomic E-state index is 11.2. The summed E-state index contributed by atoms with van der Waals surface area (Å²) in [6, 6.07) is 18.4. The van der Waals surface area contributed by atoms with Crippen LogP contribution >= 0.6 is 0 Å². The van der Waals surface area contributed by atoms with Crippen molar-refractivity contribution in [3.8, 4) is 11.8 Å². The fourth-order valence-corrected chi connectivity index (χ4v) is 1.60. The molecule has 2 aromatic rings. The van der Waals surface area contributed by atoms with Gasteiger partial charge < -0.3 is 5.11 Å². The first-order chi connectivity index (χ1) is 9.27. The summed E-state index contributed by atoms with van der Waals surface area (Å²) in [4.78, 5) is 11.2. The molecule has 0 aromatic heterocycles. The van der Waals surface area contributed by atoms with Crippen LogP contribution in [0.15, 0.2) is 66.7 Å². The second-order valence-corrected chi connectivity index (χ2v) is 3.86. The minimum Gasteiger partial charge on any atom is -0.478 e. The summed E-state index contributed by atoms with van der Waals surface area (Å²) < 4.78 is 0. The van der Waals surface area contributed by atoms with Crippen LogP contribution in [0.1, 0.15) is 11.1 Å². The molecule has 0 aliphatic rings. The van der Waals surface area contributed by atoms with E-state index in [1.165, 1.54) is 6.08 Å². The Kier molecular flexibility index (Phi) is 4.15. The van der Waals surface area contributed by atoms with Crippen LogP contribution in [-0.2, 0) is 4.79 Å². The predicted molar refractivity (Wildman–Crippen MR) is 75.4 cm³/mol. The summed E-state index contributed by atoms with van der Waals surface area (Å²) in [6.07, 6.45) is 1.44. The number of rotatable bonds is 2. The van der Waals surface area contributed by atoms with Crippen molar-refractivity contribution in [3.63, 3.8) is 0 Å². The van der Waals surface area contributed by atoms with E-state index in [0.29, 0.717) is 5.56 Å². The predicted octanol–water partition coefficient (Wildman–Crippen LogP) is 3.21. The van der Waals surface area contributed by atoms with E-state index in [1.807, 2.05) is 36.4 Å². The van der Waals surface area contributed by atoms with Crippen LogP contribution in [0.25, 0.3) is 5.57 Å². The molecule has 2 rings (SSSR count). The third kappa shape index (κ3) is 3.58. The number of aliphatic carboxylic acids is 1. The van der Waals surface area contributed by atoms with Crippen LogP contribution in [0.2, 0.25) is 0 Å². The Hall–Kier alpha value is -2.79. The van der Waals surface area contributed by atoms with Gasteiger partial charge in [0.05, 0.1) is 5.57 Å². The van der Waals surface area contributed by atoms with E-state index >= 15 is 0 Å². The van der Waals surface area contributed by atoms with Gasteiger partial charge in [-0.2, -0.15) is 0 Å². The molecule has 2 heteroatoms. The number of hydrogen-bond acceptors (Lipinski definition) is 1. The molecule has 19 heavy (non-hydrogen) atoms. The van der Waals surface area contributed by atoms with Crippen molar-refractivity contribution in [1.29, 1.82) is 0 Å². The van der Waals surface area contributed by atoms with Crippen LogP contribution in [0, 0.1) is 11.8 Å². The lowest BCUT2D eigenvalue weighted by Gasteiger charge is -1.99. The Labute approximate surface area is 112 Å². The Morgan fingerprint density at radius 2 is 1.53 bits per heavy atom. The van der Waals surface area contributed by atoms with Gasteiger partial charge in [-0.25, -0.2) is 4.79 Å². The molecule has 0 unspecified atom stereocenters. The van der Waals surface area contributed by atoms with E-state index in [0.717, 1.165) is 5.56 Å². The zero-order valence-electron chi connectivity index (χ0n) is 10.2. The monoisotopic (exact) mass is 248 g/mol. The second-order valence-electron chi connectivity index (χ2n) is 3.86. The minimum atomic E-state index is -0.978. The molecule has 0 saturated heterocycles. The fraction of sp³-hybridized carbons (Fsp3) is 0. The van der Waals surface area contributed by atoms with Gasteiger partial charge in [0.1, 0.15) is 0 Å². The van der Waals surface area contributed by atoms with Crippen molar-refractivity contribution in [1.82, 2.24) is 0 Å². The van der Waals surface area contributed by atoms with Gasteiger partial charge in [0.25, 0.3) is 0 Å². The van der Waals surface area contributed by atoms with Crippen LogP contribution in [0.5, 0.6) is 0 Å². The van der Waals surface area contributed by atoms with Crippen molar-refractivity contribution >= 4 is 11.5 Å². The Bertz CT molecular complexity index is 644. The highest BCUT2D eigenvalue weighted by atomic mass is 16.4. The topological polar surface area (TPSA) is 37.3 Å².